The number of phenolic OH excluding ortho intramolecular Hbond substituents is 1. The van der Waals surface area contributed by atoms with Gasteiger partial charge in [0, 0.05) is 23.6 Å². The molecule has 0 radical (unpaired) electrons. The number of aryl methyl sites for hydroxylation is 1. The summed E-state index contributed by atoms with van der Waals surface area (Å²) in [5.41, 5.74) is 3.34. The molecule has 3 nitrogen and oxygen atoms in total. The number of nitrogens with zero attached hydrogens (tertiary/aromatic N) is 1. The molecule has 25 heavy (non-hydrogen) atoms. The molecule has 0 amide bonds. The molecule has 3 heteroatoms. The van der Waals surface area contributed by atoms with Crippen molar-refractivity contribution >= 4 is 0 Å². The SMILES string of the molecule is Cc1ccc(O)c([C@H](CCN(C(C)C)C(C)CO)c2ccccc2)c1. The minimum Gasteiger partial charge on any atom is -0.508 e. The van der Waals surface area contributed by atoms with Crippen LogP contribution >= 0.6 is 0 Å². The van der Waals surface area contributed by atoms with Gasteiger partial charge in [-0.3, -0.25) is 4.90 Å². The average molecular weight is 341 g/mol. The second kappa shape index (κ2) is 9.02. The van der Waals surface area contributed by atoms with Gasteiger partial charge >= 0.3 is 0 Å². The van der Waals surface area contributed by atoms with Gasteiger partial charge in [-0.1, -0.05) is 48.0 Å². The lowest BCUT2D eigenvalue weighted by molar-refractivity contribution is 0.104. The first kappa shape index (κ1) is 19.5. The first-order valence-electron chi connectivity index (χ1n) is 9.15. The molecule has 2 aromatic carbocycles. The van der Waals surface area contributed by atoms with Gasteiger partial charge in [0.15, 0.2) is 0 Å². The van der Waals surface area contributed by atoms with Crippen LogP contribution in [0.1, 0.15) is 49.8 Å². The Morgan fingerprint density at radius 2 is 1.68 bits per heavy atom. The standard InChI is InChI=1S/C22H31NO2/c1-16(2)23(18(4)15-24)13-12-20(19-8-6-5-7-9-19)21-14-17(3)10-11-22(21)25/h5-11,14,16,18,20,24-25H,12-13,15H2,1-4H3/t18?,20-/m1/s1. The van der Waals surface area contributed by atoms with E-state index in [9.17, 15) is 10.2 Å². The molecule has 0 saturated carbocycles. The Bertz CT molecular complexity index is 654. The van der Waals surface area contributed by atoms with E-state index in [1.165, 1.54) is 5.56 Å². The Labute approximate surface area is 151 Å². The molecule has 2 N–H and O–H groups in total. The number of aromatic hydroxyl groups is 1. The molecule has 2 atom stereocenters. The van der Waals surface area contributed by atoms with Crippen LogP contribution in [-0.4, -0.2) is 40.3 Å². The van der Waals surface area contributed by atoms with Gasteiger partial charge in [0.2, 0.25) is 0 Å². The summed E-state index contributed by atoms with van der Waals surface area (Å²) < 4.78 is 0. The second-order valence-corrected chi connectivity index (χ2v) is 7.18. The zero-order chi connectivity index (χ0) is 18.4. The van der Waals surface area contributed by atoms with Crippen LogP contribution in [0, 0.1) is 6.92 Å². The summed E-state index contributed by atoms with van der Waals surface area (Å²) in [5.74, 6) is 0.485. The van der Waals surface area contributed by atoms with Gasteiger partial charge in [-0.25, -0.2) is 0 Å². The summed E-state index contributed by atoms with van der Waals surface area (Å²) in [6, 6.07) is 16.7. The normalized spacial score (nSPS) is 14.0. The number of rotatable bonds is 8. The Morgan fingerprint density at radius 1 is 1.00 bits per heavy atom. The highest BCUT2D eigenvalue weighted by Gasteiger charge is 2.22. The van der Waals surface area contributed by atoms with Gasteiger partial charge in [-0.15, -0.1) is 0 Å². The van der Waals surface area contributed by atoms with E-state index < -0.39 is 0 Å². The fraction of sp³-hybridized carbons (Fsp3) is 0.455. The van der Waals surface area contributed by atoms with Gasteiger partial charge in [0.25, 0.3) is 0 Å². The molecule has 1 unspecified atom stereocenters. The average Bonchev–Trinajstić information content (AvgIpc) is 2.61. The third-order valence-corrected chi connectivity index (χ3v) is 4.93. The predicted octanol–water partition coefficient (Wildman–Crippen LogP) is 4.31. The quantitative estimate of drug-likeness (QED) is 0.752. The Kier molecular flexibility index (Phi) is 7.03. The summed E-state index contributed by atoms with van der Waals surface area (Å²) in [5, 5.41) is 20.0. The Morgan fingerprint density at radius 3 is 2.28 bits per heavy atom. The second-order valence-electron chi connectivity index (χ2n) is 7.18. The van der Waals surface area contributed by atoms with Crippen molar-refractivity contribution in [2.45, 2.75) is 52.1 Å². The van der Waals surface area contributed by atoms with Crippen LogP contribution in [0.2, 0.25) is 0 Å². The van der Waals surface area contributed by atoms with Crippen LogP contribution in [0.15, 0.2) is 48.5 Å². The van der Waals surface area contributed by atoms with E-state index in [0.717, 1.165) is 24.1 Å². The van der Waals surface area contributed by atoms with Crippen LogP contribution in [0.5, 0.6) is 5.75 Å². The summed E-state index contributed by atoms with van der Waals surface area (Å²) in [7, 11) is 0. The number of aliphatic hydroxyl groups is 1. The van der Waals surface area contributed by atoms with Crippen molar-refractivity contribution < 1.29 is 10.2 Å². The highest BCUT2D eigenvalue weighted by Crippen LogP contribution is 2.35. The zero-order valence-corrected chi connectivity index (χ0v) is 15.8. The number of hydrogen-bond acceptors (Lipinski definition) is 3. The van der Waals surface area contributed by atoms with Crippen LogP contribution in [0.3, 0.4) is 0 Å². The molecule has 0 aliphatic heterocycles. The van der Waals surface area contributed by atoms with E-state index in [2.05, 4.69) is 50.8 Å². The summed E-state index contributed by atoms with van der Waals surface area (Å²) >= 11 is 0. The molecular weight excluding hydrogens is 310 g/mol. The molecule has 0 heterocycles. The molecule has 0 aliphatic carbocycles. The summed E-state index contributed by atoms with van der Waals surface area (Å²) in [6.45, 7) is 9.46. The monoisotopic (exact) mass is 341 g/mol. The maximum Gasteiger partial charge on any atom is 0.119 e. The molecule has 0 bridgehead atoms. The third kappa shape index (κ3) is 5.07. The van der Waals surface area contributed by atoms with Crippen molar-refractivity contribution in [2.24, 2.45) is 0 Å². The maximum atomic E-state index is 10.4. The molecule has 0 aromatic heterocycles. The molecule has 2 rings (SSSR count). The van der Waals surface area contributed by atoms with Crippen LogP contribution in [0.4, 0.5) is 0 Å². The van der Waals surface area contributed by atoms with Gasteiger partial charge in [0.1, 0.15) is 5.75 Å². The van der Waals surface area contributed by atoms with Crippen molar-refractivity contribution in [2.75, 3.05) is 13.2 Å². The Balaban J connectivity index is 2.31. The summed E-state index contributed by atoms with van der Waals surface area (Å²) in [4.78, 5) is 2.32. The fourth-order valence-electron chi connectivity index (χ4n) is 3.51. The predicted molar refractivity (Wildman–Crippen MR) is 104 cm³/mol. The molecule has 0 fully saturated rings. The van der Waals surface area contributed by atoms with Gasteiger partial charge in [-0.05, 0) is 52.3 Å². The van der Waals surface area contributed by atoms with Crippen molar-refractivity contribution in [3.8, 4) is 5.75 Å². The van der Waals surface area contributed by atoms with Crippen molar-refractivity contribution in [3.63, 3.8) is 0 Å². The van der Waals surface area contributed by atoms with Gasteiger partial charge in [-0.2, -0.15) is 0 Å². The lowest BCUT2D eigenvalue weighted by Crippen LogP contribution is -2.41. The number of aliphatic hydroxyl groups excluding tert-OH is 1. The molecular formula is C22H31NO2. The molecule has 0 aliphatic rings. The number of phenols is 1. The topological polar surface area (TPSA) is 43.7 Å². The van der Waals surface area contributed by atoms with E-state index in [-0.39, 0.29) is 18.6 Å². The number of benzene rings is 2. The molecule has 0 saturated heterocycles. The fourth-order valence-corrected chi connectivity index (χ4v) is 3.51. The largest absolute Gasteiger partial charge is 0.508 e. The smallest absolute Gasteiger partial charge is 0.119 e. The zero-order valence-electron chi connectivity index (χ0n) is 15.8. The van der Waals surface area contributed by atoms with E-state index in [1.807, 2.05) is 24.3 Å². The number of hydrogen-bond donors (Lipinski definition) is 2. The van der Waals surface area contributed by atoms with Crippen LogP contribution < -0.4 is 0 Å². The summed E-state index contributed by atoms with van der Waals surface area (Å²) in [6.07, 6.45) is 0.892. The first-order valence-corrected chi connectivity index (χ1v) is 9.15. The molecule has 0 spiro atoms. The van der Waals surface area contributed by atoms with Crippen molar-refractivity contribution in [3.05, 3.63) is 65.2 Å². The Hall–Kier alpha value is -1.84. The van der Waals surface area contributed by atoms with Crippen molar-refractivity contribution in [1.82, 2.24) is 4.90 Å². The molecule has 136 valence electrons. The van der Waals surface area contributed by atoms with Gasteiger partial charge < -0.3 is 10.2 Å². The lowest BCUT2D eigenvalue weighted by atomic mass is 9.87. The van der Waals surface area contributed by atoms with Gasteiger partial charge in [0.05, 0.1) is 6.61 Å². The highest BCUT2D eigenvalue weighted by atomic mass is 16.3. The van der Waals surface area contributed by atoms with Crippen molar-refractivity contribution in [1.29, 1.82) is 0 Å². The highest BCUT2D eigenvalue weighted by molar-refractivity contribution is 5.43. The minimum atomic E-state index is 0.127. The third-order valence-electron chi connectivity index (χ3n) is 4.93. The van der Waals surface area contributed by atoms with E-state index in [0.29, 0.717) is 11.8 Å². The minimum absolute atomic E-state index is 0.127. The maximum absolute atomic E-state index is 10.4. The van der Waals surface area contributed by atoms with Crippen LogP contribution in [-0.2, 0) is 0 Å². The van der Waals surface area contributed by atoms with E-state index in [4.69, 9.17) is 0 Å². The van der Waals surface area contributed by atoms with Crippen LogP contribution in [0.25, 0.3) is 0 Å². The van der Waals surface area contributed by atoms with E-state index in [1.54, 1.807) is 6.07 Å². The lowest BCUT2D eigenvalue weighted by Gasteiger charge is -2.33. The molecule has 2 aromatic rings. The first-order chi connectivity index (χ1) is 11.9. The van der Waals surface area contributed by atoms with E-state index >= 15 is 0 Å².